The standard InChI is InChI=1S/C28H33N3O3/c32-27(29-23-11-3-1-4-12-23)25-19-34-26(30-25)18-31(24-13-5-2-6-14-24)28(33)22-16-15-20-9-7-8-10-21(20)17-22/h7-10,15-17,19,23-24H,1-6,11-14,18H2,(H,29,32). The highest BCUT2D eigenvalue weighted by molar-refractivity contribution is 5.98. The third kappa shape index (κ3) is 5.16. The molecule has 2 saturated carbocycles. The largest absolute Gasteiger partial charge is 0.446 e. The van der Waals surface area contributed by atoms with Gasteiger partial charge in [-0.3, -0.25) is 9.59 Å². The lowest BCUT2D eigenvalue weighted by atomic mass is 9.93. The molecule has 0 aliphatic heterocycles. The van der Waals surface area contributed by atoms with Crippen LogP contribution in [0.15, 0.2) is 53.1 Å². The van der Waals surface area contributed by atoms with Crippen molar-refractivity contribution >= 4 is 22.6 Å². The Bertz CT molecular complexity index is 1140. The molecule has 5 rings (SSSR count). The molecular formula is C28H33N3O3. The zero-order chi connectivity index (χ0) is 23.3. The van der Waals surface area contributed by atoms with Crippen LogP contribution >= 0.6 is 0 Å². The maximum atomic E-state index is 13.7. The Hall–Kier alpha value is -3.15. The van der Waals surface area contributed by atoms with Crippen molar-refractivity contribution < 1.29 is 14.0 Å². The number of fused-ring (bicyclic) bond motifs is 1. The zero-order valence-electron chi connectivity index (χ0n) is 19.7. The first-order chi connectivity index (χ1) is 16.7. The molecule has 34 heavy (non-hydrogen) atoms. The minimum absolute atomic E-state index is 0.0101. The van der Waals surface area contributed by atoms with Gasteiger partial charge < -0.3 is 14.6 Å². The van der Waals surface area contributed by atoms with Crippen LogP contribution in [0.1, 0.15) is 90.9 Å². The first-order valence-corrected chi connectivity index (χ1v) is 12.7. The molecule has 0 spiro atoms. The molecule has 0 radical (unpaired) electrons. The molecule has 0 atom stereocenters. The van der Waals surface area contributed by atoms with Crippen molar-refractivity contribution in [3.05, 3.63) is 65.9 Å². The van der Waals surface area contributed by atoms with E-state index in [1.54, 1.807) is 0 Å². The molecule has 0 bridgehead atoms. The second kappa shape index (κ2) is 10.4. The molecule has 1 N–H and O–H groups in total. The Morgan fingerprint density at radius 3 is 2.38 bits per heavy atom. The molecule has 2 fully saturated rings. The van der Waals surface area contributed by atoms with Crippen LogP contribution in [0.3, 0.4) is 0 Å². The van der Waals surface area contributed by atoms with E-state index in [0.717, 1.165) is 62.1 Å². The van der Waals surface area contributed by atoms with Crippen molar-refractivity contribution in [1.29, 1.82) is 0 Å². The number of benzene rings is 2. The van der Waals surface area contributed by atoms with Crippen molar-refractivity contribution in [2.75, 3.05) is 0 Å². The quantitative estimate of drug-likeness (QED) is 0.501. The van der Waals surface area contributed by atoms with Crippen LogP contribution in [0.25, 0.3) is 10.8 Å². The Balaban J connectivity index is 1.34. The Kier molecular flexibility index (Phi) is 6.93. The third-order valence-electron chi connectivity index (χ3n) is 7.30. The van der Waals surface area contributed by atoms with E-state index in [0.29, 0.717) is 17.1 Å². The maximum absolute atomic E-state index is 13.7. The number of nitrogens with zero attached hydrogens (tertiary/aromatic N) is 2. The molecule has 2 aliphatic rings. The molecule has 6 heteroatoms. The van der Waals surface area contributed by atoms with Crippen LogP contribution in [0, 0.1) is 0 Å². The van der Waals surface area contributed by atoms with Crippen LogP contribution < -0.4 is 5.32 Å². The molecule has 6 nitrogen and oxygen atoms in total. The zero-order valence-corrected chi connectivity index (χ0v) is 19.7. The summed E-state index contributed by atoms with van der Waals surface area (Å²) in [7, 11) is 0. The molecule has 3 aromatic rings. The van der Waals surface area contributed by atoms with Gasteiger partial charge >= 0.3 is 0 Å². The summed E-state index contributed by atoms with van der Waals surface area (Å²) in [5, 5.41) is 5.25. The highest BCUT2D eigenvalue weighted by Gasteiger charge is 2.28. The fourth-order valence-electron chi connectivity index (χ4n) is 5.39. The lowest BCUT2D eigenvalue weighted by Gasteiger charge is -2.33. The summed E-state index contributed by atoms with van der Waals surface area (Å²) in [6.45, 7) is 0.271. The van der Waals surface area contributed by atoms with E-state index in [9.17, 15) is 9.59 Å². The van der Waals surface area contributed by atoms with Crippen LogP contribution in [0.4, 0.5) is 0 Å². The minimum atomic E-state index is -0.188. The van der Waals surface area contributed by atoms with E-state index < -0.39 is 0 Å². The number of amides is 2. The molecule has 0 saturated heterocycles. The van der Waals surface area contributed by atoms with E-state index >= 15 is 0 Å². The summed E-state index contributed by atoms with van der Waals surface area (Å²) >= 11 is 0. The van der Waals surface area contributed by atoms with Crippen molar-refractivity contribution in [2.24, 2.45) is 0 Å². The molecular weight excluding hydrogens is 426 g/mol. The topological polar surface area (TPSA) is 75.4 Å². The SMILES string of the molecule is O=C(NC1CCCCC1)c1coc(CN(C(=O)c2ccc3ccccc3c2)C2CCCCC2)n1. The summed E-state index contributed by atoms with van der Waals surface area (Å²) in [6.07, 6.45) is 12.4. The fourth-order valence-corrected chi connectivity index (χ4v) is 5.39. The van der Waals surface area contributed by atoms with Gasteiger partial charge in [0, 0.05) is 17.6 Å². The van der Waals surface area contributed by atoms with Gasteiger partial charge in [0.2, 0.25) is 5.89 Å². The number of carbonyl (C=O) groups is 2. The van der Waals surface area contributed by atoms with Crippen LogP contribution in [0.2, 0.25) is 0 Å². The smallest absolute Gasteiger partial charge is 0.273 e. The number of aromatic nitrogens is 1. The van der Waals surface area contributed by atoms with Crippen molar-refractivity contribution in [1.82, 2.24) is 15.2 Å². The number of nitrogens with one attached hydrogen (secondary N) is 1. The molecule has 1 heterocycles. The monoisotopic (exact) mass is 459 g/mol. The fraction of sp³-hybridized carbons (Fsp3) is 0.464. The van der Waals surface area contributed by atoms with Crippen LogP contribution in [0.5, 0.6) is 0 Å². The number of hydrogen-bond acceptors (Lipinski definition) is 4. The lowest BCUT2D eigenvalue weighted by Crippen LogP contribution is -2.41. The maximum Gasteiger partial charge on any atom is 0.273 e. The van der Waals surface area contributed by atoms with Gasteiger partial charge in [-0.25, -0.2) is 4.98 Å². The number of carbonyl (C=O) groups excluding carboxylic acids is 2. The first kappa shape index (κ1) is 22.6. The van der Waals surface area contributed by atoms with Crippen LogP contribution in [-0.2, 0) is 6.54 Å². The van der Waals surface area contributed by atoms with Crippen molar-refractivity contribution in [2.45, 2.75) is 82.8 Å². The second-order valence-electron chi connectivity index (χ2n) is 9.72. The summed E-state index contributed by atoms with van der Waals surface area (Å²) in [5.41, 5.74) is 0.966. The van der Waals surface area contributed by atoms with E-state index in [2.05, 4.69) is 16.4 Å². The second-order valence-corrected chi connectivity index (χ2v) is 9.72. The van der Waals surface area contributed by atoms with Crippen molar-refractivity contribution in [3.8, 4) is 0 Å². The van der Waals surface area contributed by atoms with Gasteiger partial charge in [0.1, 0.15) is 6.26 Å². The third-order valence-corrected chi connectivity index (χ3v) is 7.30. The Labute approximate surface area is 200 Å². The predicted molar refractivity (Wildman–Crippen MR) is 132 cm³/mol. The number of rotatable bonds is 6. The summed E-state index contributed by atoms with van der Waals surface area (Å²) in [4.78, 5) is 32.7. The number of oxazole rings is 1. The van der Waals surface area contributed by atoms with E-state index in [1.165, 1.54) is 19.1 Å². The van der Waals surface area contributed by atoms with E-state index in [4.69, 9.17) is 4.42 Å². The van der Waals surface area contributed by atoms with Gasteiger partial charge in [0.05, 0.1) is 6.54 Å². The highest BCUT2D eigenvalue weighted by atomic mass is 16.3. The van der Waals surface area contributed by atoms with E-state index in [-0.39, 0.29) is 30.4 Å². The first-order valence-electron chi connectivity index (χ1n) is 12.7. The Morgan fingerprint density at radius 1 is 0.912 bits per heavy atom. The van der Waals surface area contributed by atoms with Gasteiger partial charge in [-0.1, -0.05) is 68.9 Å². The Morgan fingerprint density at radius 2 is 1.62 bits per heavy atom. The predicted octanol–water partition coefficient (Wildman–Crippen LogP) is 5.87. The van der Waals surface area contributed by atoms with Gasteiger partial charge in [0.25, 0.3) is 11.8 Å². The summed E-state index contributed by atoms with van der Waals surface area (Å²) < 4.78 is 5.69. The molecule has 178 valence electrons. The van der Waals surface area contributed by atoms with Gasteiger partial charge in [0.15, 0.2) is 5.69 Å². The van der Waals surface area contributed by atoms with Gasteiger partial charge in [-0.05, 0) is 48.6 Å². The van der Waals surface area contributed by atoms with E-state index in [1.807, 2.05) is 41.3 Å². The molecule has 1 aromatic heterocycles. The molecule has 2 aromatic carbocycles. The normalized spacial score (nSPS) is 17.5. The van der Waals surface area contributed by atoms with Crippen LogP contribution in [-0.4, -0.2) is 33.8 Å². The van der Waals surface area contributed by atoms with Gasteiger partial charge in [-0.2, -0.15) is 0 Å². The summed E-state index contributed by atoms with van der Waals surface area (Å²) in [5.74, 6) is 0.213. The molecule has 2 amide bonds. The lowest BCUT2D eigenvalue weighted by molar-refractivity contribution is 0.0592. The minimum Gasteiger partial charge on any atom is -0.446 e. The molecule has 0 unspecified atom stereocenters. The van der Waals surface area contributed by atoms with Crippen molar-refractivity contribution in [3.63, 3.8) is 0 Å². The average molecular weight is 460 g/mol. The molecule has 2 aliphatic carbocycles. The summed E-state index contributed by atoms with van der Waals surface area (Å²) in [6, 6.07) is 14.3. The number of hydrogen-bond donors (Lipinski definition) is 1. The highest BCUT2D eigenvalue weighted by Crippen LogP contribution is 2.27. The van der Waals surface area contributed by atoms with Gasteiger partial charge in [-0.15, -0.1) is 0 Å². The average Bonchev–Trinajstić information content (AvgIpc) is 3.37.